The van der Waals surface area contributed by atoms with E-state index >= 15 is 0 Å². The summed E-state index contributed by atoms with van der Waals surface area (Å²) in [7, 11) is -1.97. The number of nitrogens with one attached hydrogen (secondary N) is 2. The van der Waals surface area contributed by atoms with Crippen LogP contribution in [0, 0.1) is 6.92 Å². The van der Waals surface area contributed by atoms with Crippen molar-refractivity contribution in [2.24, 2.45) is 0 Å². The van der Waals surface area contributed by atoms with Crippen LogP contribution in [0.5, 0.6) is 0 Å². The number of rotatable bonds is 9. The molecular weight excluding hydrogens is 507 g/mol. The highest BCUT2D eigenvalue weighted by Gasteiger charge is 2.34. The van der Waals surface area contributed by atoms with E-state index in [1.807, 2.05) is 6.92 Å². The lowest BCUT2D eigenvalue weighted by atomic mass is 10.1. The zero-order valence-corrected chi connectivity index (χ0v) is 21.5. The van der Waals surface area contributed by atoms with Gasteiger partial charge in [-0.05, 0) is 57.0 Å². The average Bonchev–Trinajstić information content (AvgIpc) is 3.33. The van der Waals surface area contributed by atoms with Crippen LogP contribution in [0.3, 0.4) is 0 Å². The molecule has 0 unspecified atom stereocenters. The monoisotopic (exact) mass is 537 g/mol. The minimum absolute atomic E-state index is 0.0620. The average molecular weight is 538 g/mol. The molecule has 200 valence electrons. The Labute approximate surface area is 216 Å². The summed E-state index contributed by atoms with van der Waals surface area (Å²) in [6.07, 6.45) is -1.17. The lowest BCUT2D eigenvalue weighted by Gasteiger charge is -2.30. The second-order valence-electron chi connectivity index (χ2n) is 9.12. The number of aryl methyl sites for hydroxylation is 1. The van der Waals surface area contributed by atoms with E-state index in [1.165, 1.54) is 13.0 Å². The maximum atomic E-state index is 13.3. The van der Waals surface area contributed by atoms with Crippen LogP contribution in [-0.4, -0.2) is 45.5 Å². The molecule has 11 heteroatoms. The zero-order valence-electron chi connectivity index (χ0n) is 20.6. The van der Waals surface area contributed by atoms with Gasteiger partial charge in [-0.25, -0.2) is 0 Å². The molecule has 1 fully saturated rings. The summed E-state index contributed by atoms with van der Waals surface area (Å²) < 4.78 is 52.7. The first kappa shape index (κ1) is 28.4. The SMILES string of the molecule is Cc1ccc(NC(=O)C[S@](=O)CC(=O)N(c2cccc(C(F)(F)F)c2)[C@@H](C)C(=O)NC2CCCC2)cc1. The number of nitrogens with zero attached hydrogens (tertiary/aromatic N) is 1. The lowest BCUT2D eigenvalue weighted by Crippen LogP contribution is -2.51. The first-order valence-corrected chi connectivity index (χ1v) is 13.4. The number of amides is 3. The third-order valence-electron chi connectivity index (χ3n) is 6.10. The van der Waals surface area contributed by atoms with Crippen LogP contribution in [0.15, 0.2) is 48.5 Å². The molecular formula is C26H30F3N3O4S. The van der Waals surface area contributed by atoms with Gasteiger partial charge < -0.3 is 10.6 Å². The second kappa shape index (κ2) is 12.4. The molecule has 0 saturated heterocycles. The highest BCUT2D eigenvalue weighted by atomic mass is 32.2. The molecule has 1 aliphatic rings. The normalized spacial score (nSPS) is 15.6. The van der Waals surface area contributed by atoms with Gasteiger partial charge in [0.2, 0.25) is 17.7 Å². The predicted octanol–water partition coefficient (Wildman–Crippen LogP) is 4.18. The van der Waals surface area contributed by atoms with Gasteiger partial charge in [0.15, 0.2) is 0 Å². The fourth-order valence-electron chi connectivity index (χ4n) is 4.16. The number of carbonyl (C=O) groups is 3. The zero-order chi connectivity index (χ0) is 27.2. The Bertz CT molecular complexity index is 1150. The molecule has 37 heavy (non-hydrogen) atoms. The van der Waals surface area contributed by atoms with Gasteiger partial charge in [0, 0.05) is 28.2 Å². The summed E-state index contributed by atoms with van der Waals surface area (Å²) in [5, 5.41) is 5.44. The number of hydrogen-bond acceptors (Lipinski definition) is 4. The quantitative estimate of drug-likeness (QED) is 0.502. The Kier molecular flexibility index (Phi) is 9.47. The molecule has 2 aromatic rings. The number of anilines is 2. The third kappa shape index (κ3) is 8.14. The Morgan fingerprint density at radius 3 is 2.32 bits per heavy atom. The van der Waals surface area contributed by atoms with Crippen LogP contribution in [0.1, 0.15) is 43.7 Å². The van der Waals surface area contributed by atoms with Crippen LogP contribution >= 0.6 is 0 Å². The van der Waals surface area contributed by atoms with Crippen molar-refractivity contribution in [3.63, 3.8) is 0 Å². The van der Waals surface area contributed by atoms with Crippen molar-refractivity contribution in [3.05, 3.63) is 59.7 Å². The van der Waals surface area contributed by atoms with Crippen LogP contribution in [0.25, 0.3) is 0 Å². The molecule has 0 bridgehead atoms. The van der Waals surface area contributed by atoms with Gasteiger partial charge >= 0.3 is 6.18 Å². The molecule has 0 aromatic heterocycles. The summed E-state index contributed by atoms with van der Waals surface area (Å²) in [6.45, 7) is 3.30. The highest BCUT2D eigenvalue weighted by Crippen LogP contribution is 2.32. The van der Waals surface area contributed by atoms with Gasteiger partial charge in [-0.3, -0.25) is 23.5 Å². The molecule has 2 N–H and O–H groups in total. The molecule has 0 spiro atoms. The summed E-state index contributed by atoms with van der Waals surface area (Å²) in [5.74, 6) is -3.04. The fraction of sp³-hybridized carbons (Fsp3) is 0.423. The van der Waals surface area contributed by atoms with Crippen molar-refractivity contribution in [1.29, 1.82) is 0 Å². The van der Waals surface area contributed by atoms with Gasteiger partial charge in [0.1, 0.15) is 17.5 Å². The van der Waals surface area contributed by atoms with Gasteiger partial charge in [-0.15, -0.1) is 0 Å². The maximum absolute atomic E-state index is 13.3. The highest BCUT2D eigenvalue weighted by molar-refractivity contribution is 7.86. The third-order valence-corrected chi connectivity index (χ3v) is 7.25. The first-order chi connectivity index (χ1) is 17.4. The molecule has 0 heterocycles. The summed E-state index contributed by atoms with van der Waals surface area (Å²) in [5.41, 5.74) is 0.370. The van der Waals surface area contributed by atoms with E-state index in [2.05, 4.69) is 10.6 Å². The molecule has 1 aliphatic carbocycles. The number of hydrogen-bond donors (Lipinski definition) is 2. The first-order valence-electron chi connectivity index (χ1n) is 11.9. The van der Waals surface area contributed by atoms with Gasteiger partial charge in [0.05, 0.1) is 5.56 Å². The van der Waals surface area contributed by atoms with Crippen LogP contribution in [0.2, 0.25) is 0 Å². The van der Waals surface area contributed by atoms with Crippen LogP contribution in [0.4, 0.5) is 24.5 Å². The molecule has 7 nitrogen and oxygen atoms in total. The number of alkyl halides is 3. The summed E-state index contributed by atoms with van der Waals surface area (Å²) in [4.78, 5) is 39.4. The largest absolute Gasteiger partial charge is 0.416 e. The number of halogens is 3. The van der Waals surface area contributed by atoms with E-state index in [4.69, 9.17) is 0 Å². The minimum atomic E-state index is -4.66. The number of carbonyl (C=O) groups excluding carboxylic acids is 3. The molecule has 3 amide bonds. The Hall–Kier alpha value is -3.21. The predicted molar refractivity (Wildman–Crippen MR) is 136 cm³/mol. The molecule has 1 saturated carbocycles. The Morgan fingerprint density at radius 1 is 1.05 bits per heavy atom. The van der Waals surface area contributed by atoms with Crippen molar-refractivity contribution in [2.75, 3.05) is 21.7 Å². The summed E-state index contributed by atoms with van der Waals surface area (Å²) >= 11 is 0. The molecule has 0 aliphatic heterocycles. The van der Waals surface area contributed by atoms with Crippen molar-refractivity contribution >= 4 is 39.9 Å². The van der Waals surface area contributed by atoms with E-state index in [9.17, 15) is 31.8 Å². The Morgan fingerprint density at radius 2 is 1.70 bits per heavy atom. The minimum Gasteiger partial charge on any atom is -0.352 e. The van der Waals surface area contributed by atoms with Crippen LogP contribution < -0.4 is 15.5 Å². The van der Waals surface area contributed by atoms with E-state index in [-0.39, 0.29) is 11.7 Å². The molecule has 2 aromatic carbocycles. The standard InChI is InChI=1S/C26H30F3N3O4S/c1-17-10-12-21(13-11-17)30-23(33)15-37(36)16-24(34)32(18(2)25(35)31-20-7-3-4-8-20)22-9-5-6-19(14-22)26(27,28)29/h5-6,9-14,18,20H,3-4,7-8,15-16H2,1-2H3,(H,30,33)(H,31,35)/t18-,37-/m0/s1. The van der Waals surface area contributed by atoms with Gasteiger partial charge in [-0.2, -0.15) is 13.2 Å². The van der Waals surface area contributed by atoms with Crippen LogP contribution in [-0.2, 0) is 31.4 Å². The molecule has 2 atom stereocenters. The summed E-state index contributed by atoms with van der Waals surface area (Å²) in [6, 6.07) is 9.81. The maximum Gasteiger partial charge on any atom is 0.416 e. The van der Waals surface area contributed by atoms with E-state index in [0.29, 0.717) is 5.69 Å². The van der Waals surface area contributed by atoms with Gasteiger partial charge in [-0.1, -0.05) is 36.6 Å². The van der Waals surface area contributed by atoms with E-state index in [1.54, 1.807) is 24.3 Å². The Balaban J connectivity index is 1.75. The van der Waals surface area contributed by atoms with E-state index < -0.39 is 57.8 Å². The number of benzene rings is 2. The fourth-order valence-corrected chi connectivity index (χ4v) is 5.04. The smallest absolute Gasteiger partial charge is 0.352 e. The second-order valence-corrected chi connectivity index (χ2v) is 10.6. The van der Waals surface area contributed by atoms with Crippen molar-refractivity contribution < 1.29 is 31.8 Å². The van der Waals surface area contributed by atoms with Crippen molar-refractivity contribution in [2.45, 2.75) is 57.8 Å². The van der Waals surface area contributed by atoms with Crippen molar-refractivity contribution in [1.82, 2.24) is 5.32 Å². The van der Waals surface area contributed by atoms with Gasteiger partial charge in [0.25, 0.3) is 0 Å². The topological polar surface area (TPSA) is 95.6 Å². The lowest BCUT2D eigenvalue weighted by molar-refractivity contribution is -0.137. The molecule has 0 radical (unpaired) electrons. The van der Waals surface area contributed by atoms with E-state index in [0.717, 1.165) is 54.3 Å². The van der Waals surface area contributed by atoms with Crippen molar-refractivity contribution in [3.8, 4) is 0 Å². The molecule has 3 rings (SSSR count).